The average molecular weight is 568 g/mol. The van der Waals surface area contributed by atoms with Crippen LogP contribution in [0.3, 0.4) is 0 Å². The summed E-state index contributed by atoms with van der Waals surface area (Å²) in [5.41, 5.74) is 0.997. The van der Waals surface area contributed by atoms with Crippen molar-refractivity contribution in [2.24, 2.45) is 0 Å². The number of hydrogen-bond donors (Lipinski definition) is 2. The number of carbonyl (C=O) groups excluding carboxylic acids is 2. The van der Waals surface area contributed by atoms with Crippen LogP contribution >= 0.6 is 58.2 Å². The van der Waals surface area contributed by atoms with Crippen molar-refractivity contribution in [3.63, 3.8) is 0 Å². The van der Waals surface area contributed by atoms with E-state index in [0.717, 1.165) is 24.6 Å². The highest BCUT2D eigenvalue weighted by Crippen LogP contribution is 2.26. The van der Waals surface area contributed by atoms with E-state index in [0.29, 0.717) is 49.0 Å². The number of nitrogens with one attached hydrogen (secondary N) is 2. The van der Waals surface area contributed by atoms with E-state index >= 15 is 0 Å². The third-order valence-electron chi connectivity index (χ3n) is 5.22. The van der Waals surface area contributed by atoms with E-state index in [-0.39, 0.29) is 13.2 Å². The summed E-state index contributed by atoms with van der Waals surface area (Å²) >= 11 is 25.6. The van der Waals surface area contributed by atoms with Crippen molar-refractivity contribution in [1.29, 1.82) is 0 Å². The predicted octanol–water partition coefficient (Wildman–Crippen LogP) is 7.01. The lowest BCUT2D eigenvalue weighted by molar-refractivity contribution is -0.917. The molecule has 0 bridgehead atoms. The molecule has 0 unspecified atom stereocenters. The fraction of sp³-hybridized carbons (Fsp3) is 0.364. The van der Waals surface area contributed by atoms with Crippen molar-refractivity contribution in [3.8, 4) is 0 Å². The Bertz CT molecular complexity index is 948. The minimum absolute atomic E-state index is 0.225. The van der Waals surface area contributed by atoms with Crippen LogP contribution in [0.4, 0.5) is 21.0 Å². The second-order valence-electron chi connectivity index (χ2n) is 7.68. The number of quaternary nitrogens is 1. The van der Waals surface area contributed by atoms with E-state index in [1.54, 1.807) is 36.4 Å². The molecule has 1 saturated heterocycles. The maximum atomic E-state index is 12.2. The van der Waals surface area contributed by atoms with E-state index in [9.17, 15) is 9.59 Å². The summed E-state index contributed by atoms with van der Waals surface area (Å²) in [6.07, 6.45) is -0.104. The zero-order valence-corrected chi connectivity index (χ0v) is 22.0. The molecule has 3 rings (SSSR count). The normalized spacial score (nSPS) is 14.8. The highest BCUT2D eigenvalue weighted by atomic mass is 35.5. The second-order valence-corrected chi connectivity index (χ2v) is 10.4. The van der Waals surface area contributed by atoms with E-state index in [1.165, 1.54) is 0 Å². The Morgan fingerprint density at radius 1 is 0.824 bits per heavy atom. The fourth-order valence-corrected chi connectivity index (χ4v) is 5.24. The van der Waals surface area contributed by atoms with Crippen LogP contribution in [0.2, 0.25) is 20.1 Å². The van der Waals surface area contributed by atoms with Crippen molar-refractivity contribution >= 4 is 81.7 Å². The first kappa shape index (κ1) is 27.0. The topological polar surface area (TPSA) is 76.7 Å². The molecule has 1 aliphatic rings. The van der Waals surface area contributed by atoms with Gasteiger partial charge in [-0.05, 0) is 36.4 Å². The van der Waals surface area contributed by atoms with Crippen molar-refractivity contribution in [1.82, 2.24) is 0 Å². The van der Waals surface area contributed by atoms with Gasteiger partial charge < -0.3 is 14.0 Å². The number of halogens is 4. The SMILES string of the molecule is O=C(Nc1ccc(Cl)c(Cl)c1)OCC[N+]1(CCOC(=O)Nc2ccc(Cl)c(Cl)c2)CCCSC1. The van der Waals surface area contributed by atoms with Gasteiger partial charge in [0.05, 0.1) is 26.6 Å². The lowest BCUT2D eigenvalue weighted by Gasteiger charge is -2.40. The van der Waals surface area contributed by atoms with E-state index in [4.69, 9.17) is 55.9 Å². The van der Waals surface area contributed by atoms with Crippen LogP contribution in [0.1, 0.15) is 6.42 Å². The zero-order valence-electron chi connectivity index (χ0n) is 18.1. The summed E-state index contributed by atoms with van der Waals surface area (Å²) in [6.45, 7) is 2.59. The predicted molar refractivity (Wildman–Crippen MR) is 140 cm³/mol. The molecule has 0 spiro atoms. The van der Waals surface area contributed by atoms with Gasteiger partial charge in [0.15, 0.2) is 0 Å². The molecule has 0 atom stereocenters. The number of thioether (sulfide) groups is 1. The Labute approximate surface area is 222 Å². The third kappa shape index (κ3) is 8.29. The first-order valence-corrected chi connectivity index (χ1v) is 13.1. The number of anilines is 2. The van der Waals surface area contributed by atoms with Crippen LogP contribution in [0.25, 0.3) is 0 Å². The molecule has 0 aliphatic carbocycles. The number of rotatable bonds is 8. The molecule has 2 aromatic rings. The summed E-state index contributed by atoms with van der Waals surface area (Å²) in [6, 6.07) is 9.60. The summed E-state index contributed by atoms with van der Waals surface area (Å²) < 4.78 is 11.4. The molecule has 12 heteroatoms. The lowest BCUT2D eigenvalue weighted by atomic mass is 10.3. The average Bonchev–Trinajstić information content (AvgIpc) is 2.79. The van der Waals surface area contributed by atoms with Gasteiger partial charge in [-0.25, -0.2) is 9.59 Å². The largest absolute Gasteiger partial charge is 0.443 e. The molecule has 0 saturated carbocycles. The van der Waals surface area contributed by atoms with Crippen LogP contribution in [-0.2, 0) is 9.47 Å². The smallest absolute Gasteiger partial charge is 0.411 e. The van der Waals surface area contributed by atoms with Crippen LogP contribution in [0.5, 0.6) is 0 Å². The maximum absolute atomic E-state index is 12.2. The zero-order chi connectivity index (χ0) is 24.6. The lowest BCUT2D eigenvalue weighted by Crippen LogP contribution is -2.54. The highest BCUT2D eigenvalue weighted by molar-refractivity contribution is 7.99. The van der Waals surface area contributed by atoms with Crippen molar-refractivity contribution < 1.29 is 23.5 Å². The van der Waals surface area contributed by atoms with Gasteiger partial charge in [-0.1, -0.05) is 46.4 Å². The summed E-state index contributed by atoms with van der Waals surface area (Å²) in [5.74, 6) is 1.94. The molecule has 34 heavy (non-hydrogen) atoms. The minimum Gasteiger partial charge on any atom is -0.443 e. The van der Waals surface area contributed by atoms with Crippen LogP contribution in [0.15, 0.2) is 36.4 Å². The molecular weight excluding hydrogens is 544 g/mol. The Hall–Kier alpha value is -1.55. The van der Waals surface area contributed by atoms with Gasteiger partial charge >= 0.3 is 12.2 Å². The van der Waals surface area contributed by atoms with Gasteiger partial charge in [-0.2, -0.15) is 0 Å². The molecular formula is C22H24Cl4N3O4S+. The molecule has 184 valence electrons. The summed E-state index contributed by atoms with van der Waals surface area (Å²) in [4.78, 5) is 24.3. The minimum atomic E-state index is -0.571. The Balaban J connectivity index is 1.45. The number of ether oxygens (including phenoxy) is 2. The van der Waals surface area contributed by atoms with Gasteiger partial charge in [0.25, 0.3) is 0 Å². The Morgan fingerprint density at radius 3 is 1.74 bits per heavy atom. The molecule has 2 aromatic carbocycles. The molecule has 2 N–H and O–H groups in total. The van der Waals surface area contributed by atoms with Gasteiger partial charge in [-0.3, -0.25) is 10.6 Å². The Morgan fingerprint density at radius 2 is 1.32 bits per heavy atom. The quantitative estimate of drug-likeness (QED) is 0.335. The van der Waals surface area contributed by atoms with Gasteiger partial charge in [0.1, 0.15) is 32.2 Å². The first-order chi connectivity index (χ1) is 16.3. The van der Waals surface area contributed by atoms with Crippen molar-refractivity contribution in [2.45, 2.75) is 6.42 Å². The number of amides is 2. The molecule has 2 amide bonds. The van der Waals surface area contributed by atoms with Crippen LogP contribution in [-0.4, -0.2) is 61.1 Å². The first-order valence-electron chi connectivity index (χ1n) is 10.5. The molecule has 7 nitrogen and oxygen atoms in total. The summed E-state index contributed by atoms with van der Waals surface area (Å²) in [7, 11) is 0. The van der Waals surface area contributed by atoms with Crippen molar-refractivity contribution in [2.75, 3.05) is 55.1 Å². The van der Waals surface area contributed by atoms with E-state index < -0.39 is 12.2 Å². The maximum Gasteiger partial charge on any atom is 0.411 e. The number of hydrogen-bond acceptors (Lipinski definition) is 5. The fourth-order valence-electron chi connectivity index (χ4n) is 3.41. The number of carbonyl (C=O) groups is 2. The Kier molecular flexibility index (Phi) is 10.3. The molecule has 1 heterocycles. The monoisotopic (exact) mass is 566 g/mol. The molecule has 0 radical (unpaired) electrons. The number of benzene rings is 2. The van der Waals surface area contributed by atoms with Gasteiger partial charge in [0.2, 0.25) is 0 Å². The third-order valence-corrected chi connectivity index (χ3v) is 8.00. The van der Waals surface area contributed by atoms with Gasteiger partial charge in [-0.15, -0.1) is 11.8 Å². The standard InChI is InChI=1S/C22H23Cl4N3O4S/c23-17-4-2-15(12-19(17)25)27-21(30)32-9-7-29(6-1-11-34-14-29)8-10-33-22(31)28-16-3-5-18(24)20(26)13-16/h2-5,12-13H,1,6-11,14H2,(H-,27,28,30,31)/p+1. The van der Waals surface area contributed by atoms with Crippen molar-refractivity contribution in [3.05, 3.63) is 56.5 Å². The molecule has 0 aromatic heterocycles. The molecule has 1 fully saturated rings. The second kappa shape index (κ2) is 13.0. The van der Waals surface area contributed by atoms with E-state index in [2.05, 4.69) is 10.6 Å². The van der Waals surface area contributed by atoms with E-state index in [1.807, 2.05) is 11.8 Å². The van der Waals surface area contributed by atoms with Crippen LogP contribution in [0, 0.1) is 0 Å². The van der Waals surface area contributed by atoms with Gasteiger partial charge in [0, 0.05) is 23.5 Å². The number of nitrogens with zero attached hydrogens (tertiary/aromatic N) is 1. The molecule has 1 aliphatic heterocycles. The summed E-state index contributed by atoms with van der Waals surface area (Å²) in [5, 5.41) is 6.77. The van der Waals surface area contributed by atoms with Crippen LogP contribution < -0.4 is 10.6 Å². The highest BCUT2D eigenvalue weighted by Gasteiger charge is 2.31.